The molecule has 0 unspecified atom stereocenters. The molecule has 4 nitrogen and oxygen atoms in total. The van der Waals surface area contributed by atoms with Crippen molar-refractivity contribution in [3.05, 3.63) is 76.5 Å². The number of anilines is 1. The summed E-state index contributed by atoms with van der Waals surface area (Å²) >= 11 is 3.33. The van der Waals surface area contributed by atoms with Crippen molar-refractivity contribution in [2.75, 3.05) is 5.32 Å². The van der Waals surface area contributed by atoms with Crippen LogP contribution in [-0.2, 0) is 0 Å². The normalized spacial score (nSPS) is 14.0. The maximum atomic E-state index is 13.7. The molecule has 0 bridgehead atoms. The largest absolute Gasteiger partial charge is 0.586 e. The van der Waals surface area contributed by atoms with Crippen molar-refractivity contribution < 1.29 is 27.4 Å². The highest BCUT2D eigenvalue weighted by Crippen LogP contribution is 2.46. The Labute approximate surface area is 166 Å². The molecule has 1 aliphatic heterocycles. The van der Waals surface area contributed by atoms with Crippen LogP contribution in [0.25, 0.3) is 11.1 Å². The monoisotopic (exact) mass is 449 g/mol. The van der Waals surface area contributed by atoms with Gasteiger partial charge in [-0.05, 0) is 47.5 Å². The number of hydrogen-bond donors (Lipinski definition) is 1. The first kappa shape index (κ1) is 18.4. The van der Waals surface area contributed by atoms with Gasteiger partial charge in [-0.15, -0.1) is 8.78 Å². The second-order valence-corrected chi connectivity index (χ2v) is 6.81. The molecule has 0 aliphatic carbocycles. The second kappa shape index (κ2) is 6.87. The first-order valence-corrected chi connectivity index (χ1v) is 8.87. The van der Waals surface area contributed by atoms with Gasteiger partial charge in [0, 0.05) is 10.2 Å². The van der Waals surface area contributed by atoms with E-state index in [-0.39, 0.29) is 17.1 Å². The standard InChI is InChI=1S/C20H11BrF3NO3/c21-15-10-18-17(27-20(23,24)28-18)9-14(15)11-5-7-12(8-6-11)25-19(26)13-3-1-2-4-16(13)22/h1-10H,(H,25,26). The maximum Gasteiger partial charge on any atom is 0.586 e. The van der Waals surface area contributed by atoms with Crippen molar-refractivity contribution in [3.8, 4) is 22.6 Å². The lowest BCUT2D eigenvalue weighted by molar-refractivity contribution is -0.286. The van der Waals surface area contributed by atoms with E-state index in [1.807, 2.05) is 0 Å². The van der Waals surface area contributed by atoms with Gasteiger partial charge in [-0.3, -0.25) is 4.79 Å². The number of carbonyl (C=O) groups excluding carboxylic acids is 1. The average molecular weight is 450 g/mol. The fourth-order valence-corrected chi connectivity index (χ4v) is 3.32. The van der Waals surface area contributed by atoms with Crippen LogP contribution in [0.4, 0.5) is 18.9 Å². The van der Waals surface area contributed by atoms with Gasteiger partial charge in [0.1, 0.15) is 5.82 Å². The lowest BCUT2D eigenvalue weighted by Crippen LogP contribution is -2.25. The summed E-state index contributed by atoms with van der Waals surface area (Å²) in [6.07, 6.45) is -3.69. The number of ether oxygens (including phenoxy) is 2. The van der Waals surface area contributed by atoms with Gasteiger partial charge < -0.3 is 14.8 Å². The Kier molecular flexibility index (Phi) is 4.50. The van der Waals surface area contributed by atoms with E-state index in [1.54, 1.807) is 30.3 Å². The minimum atomic E-state index is -3.69. The fraction of sp³-hybridized carbons (Fsp3) is 0.0500. The van der Waals surface area contributed by atoms with Gasteiger partial charge >= 0.3 is 6.29 Å². The zero-order valence-corrected chi connectivity index (χ0v) is 15.6. The van der Waals surface area contributed by atoms with Crippen LogP contribution in [-0.4, -0.2) is 12.2 Å². The molecule has 1 amide bonds. The molecule has 8 heteroatoms. The summed E-state index contributed by atoms with van der Waals surface area (Å²) in [6, 6.07) is 15.1. The molecule has 0 fully saturated rings. The quantitative estimate of drug-likeness (QED) is 0.547. The molecule has 0 aromatic heterocycles. The van der Waals surface area contributed by atoms with Crippen molar-refractivity contribution in [2.24, 2.45) is 0 Å². The Balaban J connectivity index is 1.56. The van der Waals surface area contributed by atoms with E-state index in [1.165, 1.54) is 30.3 Å². The summed E-state index contributed by atoms with van der Waals surface area (Å²) in [7, 11) is 0. The molecule has 0 saturated carbocycles. The highest BCUT2D eigenvalue weighted by atomic mass is 79.9. The lowest BCUT2D eigenvalue weighted by atomic mass is 10.0. The number of rotatable bonds is 3. The van der Waals surface area contributed by atoms with Crippen molar-refractivity contribution in [2.45, 2.75) is 6.29 Å². The van der Waals surface area contributed by atoms with Crippen LogP contribution >= 0.6 is 15.9 Å². The Morgan fingerprint density at radius 1 is 0.964 bits per heavy atom. The number of hydrogen-bond acceptors (Lipinski definition) is 3. The fourth-order valence-electron chi connectivity index (χ4n) is 2.77. The number of benzene rings is 3. The lowest BCUT2D eigenvalue weighted by Gasteiger charge is -2.09. The molecular formula is C20H11BrF3NO3. The predicted molar refractivity (Wildman–Crippen MR) is 100 cm³/mol. The van der Waals surface area contributed by atoms with Crippen molar-refractivity contribution in [1.82, 2.24) is 0 Å². The topological polar surface area (TPSA) is 47.6 Å². The second-order valence-electron chi connectivity index (χ2n) is 5.96. The van der Waals surface area contributed by atoms with Gasteiger partial charge in [0.2, 0.25) is 0 Å². The van der Waals surface area contributed by atoms with Crippen LogP contribution in [0.3, 0.4) is 0 Å². The van der Waals surface area contributed by atoms with E-state index in [0.717, 1.165) is 0 Å². The summed E-state index contributed by atoms with van der Waals surface area (Å²) in [5.41, 5.74) is 1.69. The minimum absolute atomic E-state index is 0.0607. The minimum Gasteiger partial charge on any atom is -0.395 e. The Morgan fingerprint density at radius 3 is 2.29 bits per heavy atom. The molecule has 0 atom stereocenters. The Hall–Kier alpha value is -3.00. The molecule has 3 aromatic rings. The smallest absolute Gasteiger partial charge is 0.395 e. The molecule has 142 valence electrons. The van der Waals surface area contributed by atoms with Gasteiger partial charge in [0.15, 0.2) is 11.5 Å². The van der Waals surface area contributed by atoms with Gasteiger partial charge in [0.05, 0.1) is 5.56 Å². The van der Waals surface area contributed by atoms with Crippen LogP contribution in [0.2, 0.25) is 0 Å². The molecule has 0 saturated heterocycles. The van der Waals surface area contributed by atoms with Gasteiger partial charge in [-0.1, -0.05) is 40.2 Å². The van der Waals surface area contributed by atoms with Crippen molar-refractivity contribution in [3.63, 3.8) is 0 Å². The summed E-state index contributed by atoms with van der Waals surface area (Å²) in [4.78, 5) is 12.2. The molecule has 0 spiro atoms. The summed E-state index contributed by atoms with van der Waals surface area (Å²) in [6.45, 7) is 0. The molecule has 4 rings (SSSR count). The third kappa shape index (κ3) is 3.55. The molecule has 1 aliphatic rings. The third-order valence-corrected chi connectivity index (χ3v) is 4.72. The average Bonchev–Trinajstić information content (AvgIpc) is 2.95. The van der Waals surface area contributed by atoms with E-state index in [4.69, 9.17) is 0 Å². The molecule has 1 N–H and O–H groups in total. The van der Waals surface area contributed by atoms with Crippen LogP contribution < -0.4 is 14.8 Å². The molecule has 3 aromatic carbocycles. The predicted octanol–water partition coefficient (Wildman–Crippen LogP) is 5.83. The van der Waals surface area contributed by atoms with Crippen molar-refractivity contribution >= 4 is 27.5 Å². The number of amides is 1. The SMILES string of the molecule is O=C(Nc1ccc(-c2cc3c(cc2Br)OC(F)(F)O3)cc1)c1ccccc1F. The third-order valence-electron chi connectivity index (χ3n) is 4.06. The zero-order valence-electron chi connectivity index (χ0n) is 14.0. The first-order valence-electron chi connectivity index (χ1n) is 8.08. The molecular weight excluding hydrogens is 439 g/mol. The van der Waals surface area contributed by atoms with E-state index in [9.17, 15) is 18.0 Å². The van der Waals surface area contributed by atoms with Gasteiger partial charge in [-0.2, -0.15) is 0 Å². The number of carbonyl (C=O) groups is 1. The summed E-state index contributed by atoms with van der Waals surface area (Å²) in [5.74, 6) is -1.32. The highest BCUT2D eigenvalue weighted by Gasteiger charge is 2.43. The van der Waals surface area contributed by atoms with E-state index in [0.29, 0.717) is 21.3 Å². The number of fused-ring (bicyclic) bond motifs is 1. The van der Waals surface area contributed by atoms with E-state index in [2.05, 4.69) is 30.7 Å². The Morgan fingerprint density at radius 2 is 1.61 bits per heavy atom. The van der Waals surface area contributed by atoms with Gasteiger partial charge in [-0.25, -0.2) is 4.39 Å². The zero-order chi connectivity index (χ0) is 19.9. The van der Waals surface area contributed by atoms with Crippen LogP contribution in [0.1, 0.15) is 10.4 Å². The molecule has 28 heavy (non-hydrogen) atoms. The summed E-state index contributed by atoms with van der Waals surface area (Å²) in [5, 5.41) is 2.61. The van der Waals surface area contributed by atoms with Gasteiger partial charge in [0.25, 0.3) is 5.91 Å². The van der Waals surface area contributed by atoms with Crippen molar-refractivity contribution in [1.29, 1.82) is 0 Å². The molecule has 1 heterocycles. The summed E-state index contributed by atoms with van der Waals surface area (Å²) < 4.78 is 49.6. The van der Waals surface area contributed by atoms with Crippen LogP contribution in [0.5, 0.6) is 11.5 Å². The molecule has 0 radical (unpaired) electrons. The Bertz CT molecular complexity index is 1070. The number of nitrogens with one attached hydrogen (secondary N) is 1. The highest BCUT2D eigenvalue weighted by molar-refractivity contribution is 9.10. The van der Waals surface area contributed by atoms with Crippen LogP contribution in [0, 0.1) is 5.82 Å². The first-order chi connectivity index (χ1) is 13.3. The number of halogens is 4. The maximum absolute atomic E-state index is 13.7. The van der Waals surface area contributed by atoms with E-state index >= 15 is 0 Å². The van der Waals surface area contributed by atoms with Crippen LogP contribution in [0.15, 0.2) is 65.1 Å². The number of alkyl halides is 2. The van der Waals surface area contributed by atoms with E-state index < -0.39 is 18.0 Å².